The number of hydrogen-bond donors (Lipinski definition) is 3. The zero-order chi connectivity index (χ0) is 33.7. The summed E-state index contributed by atoms with van der Waals surface area (Å²) in [4.78, 5) is 34.5. The lowest BCUT2D eigenvalue weighted by Crippen LogP contribution is -2.38. The number of allylic oxidation sites excluding steroid dienone is 1. The number of H-pyrrole nitrogens is 1. The number of carbonyl (C=O) groups is 1. The van der Waals surface area contributed by atoms with Crippen molar-refractivity contribution >= 4 is 37.9 Å². The average Bonchev–Trinajstić information content (AvgIpc) is 3.53. The molecule has 1 aliphatic heterocycles. The molecule has 2 atom stereocenters. The van der Waals surface area contributed by atoms with Gasteiger partial charge in [-0.15, -0.1) is 0 Å². The van der Waals surface area contributed by atoms with Gasteiger partial charge in [0.25, 0.3) is 5.91 Å². The van der Waals surface area contributed by atoms with Crippen LogP contribution in [0.15, 0.2) is 105 Å². The number of carbonyl (C=O) groups excluding carboxylic acids is 1. The predicted molar refractivity (Wildman–Crippen MR) is 176 cm³/mol. The van der Waals surface area contributed by atoms with Gasteiger partial charge in [0.05, 0.1) is 54.4 Å². The van der Waals surface area contributed by atoms with E-state index in [9.17, 15) is 23.1 Å². The number of para-hydroxylation sites is 3. The Morgan fingerprint density at radius 3 is 2.62 bits per heavy atom. The smallest absolute Gasteiger partial charge is 0.286 e. The number of ether oxygens (including phenoxy) is 3. The molecule has 0 radical (unpaired) electrons. The number of rotatable bonds is 13. The summed E-state index contributed by atoms with van der Waals surface area (Å²) in [6.07, 6.45) is 2.07. The molecular weight excluding hydrogens is 640 g/mol. The number of benzene rings is 3. The molecule has 0 aliphatic carbocycles. The lowest BCUT2D eigenvalue weighted by atomic mass is 9.93. The summed E-state index contributed by atoms with van der Waals surface area (Å²) < 4.78 is 50.6. The van der Waals surface area contributed by atoms with Crippen LogP contribution in [0.1, 0.15) is 23.7 Å². The predicted octanol–water partition coefficient (Wildman–Crippen LogP) is 3.41. The van der Waals surface area contributed by atoms with E-state index in [0.717, 1.165) is 15.3 Å². The largest absolute Gasteiger partial charge is 0.497 e. The maximum absolute atomic E-state index is 13.5. The van der Waals surface area contributed by atoms with Crippen LogP contribution in [0, 0.1) is 0 Å². The van der Waals surface area contributed by atoms with Crippen LogP contribution < -0.4 is 15.5 Å². The summed E-state index contributed by atoms with van der Waals surface area (Å²) in [5, 5.41) is 12.8. The Bertz CT molecular complexity index is 2080. The molecule has 5 aromatic rings. The van der Waals surface area contributed by atoms with Crippen LogP contribution in [0.25, 0.3) is 22.0 Å². The van der Waals surface area contributed by atoms with Crippen molar-refractivity contribution in [3.63, 3.8) is 0 Å². The zero-order valence-corrected chi connectivity index (χ0v) is 26.8. The number of aromatic amines is 1. The minimum atomic E-state index is -3.98. The summed E-state index contributed by atoms with van der Waals surface area (Å²) in [5.41, 5.74) is 2.09. The van der Waals surface area contributed by atoms with Gasteiger partial charge in [0.1, 0.15) is 17.2 Å². The van der Waals surface area contributed by atoms with Crippen LogP contribution in [-0.4, -0.2) is 73.4 Å². The van der Waals surface area contributed by atoms with Gasteiger partial charge in [-0.25, -0.2) is 13.4 Å². The number of imidazole rings is 1. The van der Waals surface area contributed by atoms with E-state index in [1.807, 2.05) is 24.3 Å². The molecule has 0 unspecified atom stereocenters. The molecule has 0 fully saturated rings. The second-order valence-corrected chi connectivity index (χ2v) is 12.9. The maximum atomic E-state index is 13.5. The molecule has 6 rings (SSSR count). The van der Waals surface area contributed by atoms with Gasteiger partial charge in [0.15, 0.2) is 11.2 Å². The molecule has 48 heavy (non-hydrogen) atoms. The second-order valence-electron chi connectivity index (χ2n) is 11.0. The fourth-order valence-electron chi connectivity index (χ4n) is 5.47. The van der Waals surface area contributed by atoms with E-state index < -0.39 is 34.7 Å². The van der Waals surface area contributed by atoms with Gasteiger partial charge in [-0.1, -0.05) is 24.3 Å². The third-order valence-corrected chi connectivity index (χ3v) is 9.85. The normalized spacial score (nSPS) is 16.5. The third kappa shape index (κ3) is 7.11. The van der Waals surface area contributed by atoms with Gasteiger partial charge >= 0.3 is 0 Å². The molecule has 0 bridgehead atoms. The summed E-state index contributed by atoms with van der Waals surface area (Å²) in [7, 11) is -2.50. The Hall–Kier alpha value is -5.02. The highest BCUT2D eigenvalue weighted by molar-refractivity contribution is 7.89. The van der Waals surface area contributed by atoms with Crippen LogP contribution in [0.3, 0.4) is 0 Å². The first-order valence-electron chi connectivity index (χ1n) is 15.2. The molecule has 14 heteroatoms. The van der Waals surface area contributed by atoms with Crippen molar-refractivity contribution in [1.82, 2.24) is 19.6 Å². The molecule has 1 amide bonds. The number of nitrogens with one attached hydrogen (secondary N) is 2. The monoisotopic (exact) mass is 674 g/mol. The van der Waals surface area contributed by atoms with E-state index in [4.69, 9.17) is 18.6 Å². The molecule has 1 aliphatic rings. The Kier molecular flexibility index (Phi) is 9.87. The molecule has 0 saturated carbocycles. The molecule has 0 spiro atoms. The summed E-state index contributed by atoms with van der Waals surface area (Å²) in [5.74, 6) is -0.197. The lowest BCUT2D eigenvalue weighted by molar-refractivity contribution is -0.146. The number of fused-ring (bicyclic) bond motifs is 2. The van der Waals surface area contributed by atoms with Gasteiger partial charge in [0.2, 0.25) is 16.3 Å². The van der Waals surface area contributed by atoms with Crippen LogP contribution >= 0.6 is 0 Å². The Morgan fingerprint density at radius 2 is 1.85 bits per heavy atom. The topological polar surface area (TPSA) is 173 Å². The molecule has 3 N–H and O–H groups in total. The van der Waals surface area contributed by atoms with Gasteiger partial charge < -0.3 is 34.0 Å². The van der Waals surface area contributed by atoms with E-state index in [1.54, 1.807) is 30.3 Å². The first-order valence-corrected chi connectivity index (χ1v) is 16.7. The van der Waals surface area contributed by atoms with Gasteiger partial charge in [0, 0.05) is 31.0 Å². The first kappa shape index (κ1) is 32.9. The van der Waals surface area contributed by atoms with Crippen molar-refractivity contribution in [3.05, 3.63) is 113 Å². The molecule has 13 nitrogen and oxygen atoms in total. The molecular formula is C34H34N4O9S. The number of aromatic nitrogens is 2. The fraction of sp³-hybridized carbons (Fsp3) is 0.265. The van der Waals surface area contributed by atoms with Crippen molar-refractivity contribution < 1.29 is 36.9 Å². The summed E-state index contributed by atoms with van der Waals surface area (Å²) >= 11 is 0. The number of methoxy groups -OCH3 is 1. The molecule has 250 valence electrons. The van der Waals surface area contributed by atoms with E-state index in [-0.39, 0.29) is 48.7 Å². The van der Waals surface area contributed by atoms with Crippen LogP contribution in [0.2, 0.25) is 0 Å². The third-order valence-electron chi connectivity index (χ3n) is 7.93. The van der Waals surface area contributed by atoms with Crippen molar-refractivity contribution in [2.45, 2.75) is 30.1 Å². The highest BCUT2D eigenvalue weighted by atomic mass is 32.2. The summed E-state index contributed by atoms with van der Waals surface area (Å²) in [6, 6.07) is 20.3. The van der Waals surface area contributed by atoms with Crippen molar-refractivity contribution in [2.75, 3.05) is 33.4 Å². The molecule has 3 aromatic carbocycles. The number of aliphatic hydroxyl groups is 1. The number of sulfonamides is 1. The minimum absolute atomic E-state index is 0.0279. The number of hydrogen-bond acceptors (Lipinski definition) is 10. The number of aliphatic hydroxyl groups excluding tert-OH is 1. The van der Waals surface area contributed by atoms with Crippen LogP contribution in [0.5, 0.6) is 5.75 Å². The van der Waals surface area contributed by atoms with Crippen molar-refractivity contribution in [1.29, 1.82) is 0 Å². The van der Waals surface area contributed by atoms with E-state index >= 15 is 0 Å². The maximum Gasteiger partial charge on any atom is 0.286 e. The van der Waals surface area contributed by atoms with Crippen molar-refractivity contribution in [3.8, 4) is 5.75 Å². The molecule has 0 saturated heterocycles. The Balaban J connectivity index is 1.20. The quantitative estimate of drug-likeness (QED) is 0.168. The summed E-state index contributed by atoms with van der Waals surface area (Å²) in [6.45, 7) is -0.740. The second kappa shape index (κ2) is 14.4. The van der Waals surface area contributed by atoms with Crippen LogP contribution in [-0.2, 0) is 30.8 Å². The zero-order valence-electron chi connectivity index (χ0n) is 26.0. The Morgan fingerprint density at radius 1 is 1.08 bits per heavy atom. The molecule has 2 aromatic heterocycles. The van der Waals surface area contributed by atoms with Gasteiger partial charge in [-0.3, -0.25) is 9.59 Å². The van der Waals surface area contributed by atoms with Crippen LogP contribution in [0.4, 0.5) is 0 Å². The van der Waals surface area contributed by atoms with Crippen molar-refractivity contribution in [2.24, 2.45) is 0 Å². The lowest BCUT2D eigenvalue weighted by Gasteiger charge is -2.29. The minimum Gasteiger partial charge on any atom is -0.497 e. The highest BCUT2D eigenvalue weighted by Crippen LogP contribution is 2.31. The Labute approximate surface area is 275 Å². The van der Waals surface area contributed by atoms with E-state index in [1.165, 1.54) is 37.6 Å². The average molecular weight is 675 g/mol. The van der Waals surface area contributed by atoms with Gasteiger partial charge in [-0.05, 0) is 54.6 Å². The standard InChI is InChI=1S/C34H34N4O9S/c1-44-23-10-12-24(13-11-23)48(42,43)38(14-16-39)15-17-45-32-19-22(26-21-46-29-9-5-2-6-25(29)33(26)40)18-30(47-32)34(41)35-20-31-36-27-7-3-4-8-28(27)37-31/h2-13,18,21-22,32,39H,14-17,19-20H2,1H3,(H,35,41)(H,36,37)/t22-,32+/m0/s1. The number of amides is 1. The van der Waals surface area contributed by atoms with Gasteiger partial charge in [-0.2, -0.15) is 4.31 Å². The SMILES string of the molecule is COc1ccc(S(=O)(=O)N(CCO)CCO[C@H]2C[C@@H](c3coc4ccccc4c3=O)C=C(C(=O)NCc3nc4ccccc4[nH]3)O2)cc1. The fourth-order valence-corrected chi connectivity index (χ4v) is 6.89. The van der Waals surface area contributed by atoms with E-state index in [2.05, 4.69) is 15.3 Å². The number of nitrogens with zero attached hydrogens (tertiary/aromatic N) is 2. The van der Waals surface area contributed by atoms with E-state index in [0.29, 0.717) is 28.1 Å². The first-order chi connectivity index (χ1) is 23.3. The highest BCUT2D eigenvalue weighted by Gasteiger charge is 2.32. The molecule has 3 heterocycles.